The number of rotatable bonds is 6. The maximum atomic E-state index is 12.3. The minimum absolute atomic E-state index is 0.0811. The van der Waals surface area contributed by atoms with E-state index in [0.29, 0.717) is 23.9 Å². The molecule has 0 bridgehead atoms. The monoisotopic (exact) mass is 322 g/mol. The predicted molar refractivity (Wildman–Crippen MR) is 87.4 cm³/mol. The molecule has 0 unspecified atom stereocenters. The molecule has 1 aromatic rings. The first-order valence-electron chi connectivity index (χ1n) is 8.13. The molecule has 0 heterocycles. The van der Waals surface area contributed by atoms with E-state index in [1.165, 1.54) is 0 Å². The van der Waals surface area contributed by atoms with Gasteiger partial charge in [0.05, 0.1) is 33.9 Å². The van der Waals surface area contributed by atoms with Gasteiger partial charge in [-0.1, -0.05) is 18.9 Å². The van der Waals surface area contributed by atoms with Gasteiger partial charge in [-0.2, -0.15) is 0 Å². The molecule has 2 atom stereocenters. The van der Waals surface area contributed by atoms with Crippen molar-refractivity contribution < 1.29 is 23.7 Å². The number of carbonyl (C=O) groups is 1. The van der Waals surface area contributed by atoms with E-state index >= 15 is 0 Å². The van der Waals surface area contributed by atoms with E-state index in [0.717, 1.165) is 31.2 Å². The van der Waals surface area contributed by atoms with Gasteiger partial charge in [0, 0.05) is 11.5 Å². The topological polar surface area (TPSA) is 54.0 Å². The third-order valence-electron chi connectivity index (χ3n) is 4.49. The van der Waals surface area contributed by atoms with Crippen molar-refractivity contribution in [1.29, 1.82) is 0 Å². The van der Waals surface area contributed by atoms with Crippen molar-refractivity contribution in [2.75, 3.05) is 27.9 Å². The number of ether oxygens (including phenoxy) is 4. The summed E-state index contributed by atoms with van der Waals surface area (Å²) < 4.78 is 21.7. The van der Waals surface area contributed by atoms with Crippen LogP contribution in [0.1, 0.15) is 44.1 Å². The van der Waals surface area contributed by atoms with E-state index < -0.39 is 0 Å². The van der Waals surface area contributed by atoms with Crippen molar-refractivity contribution in [2.45, 2.75) is 38.5 Å². The quantitative estimate of drug-likeness (QED) is 0.750. The average Bonchev–Trinajstić information content (AvgIpc) is 2.60. The lowest BCUT2D eigenvalue weighted by atomic mass is 9.75. The third kappa shape index (κ3) is 3.54. The zero-order chi connectivity index (χ0) is 16.8. The zero-order valence-corrected chi connectivity index (χ0v) is 14.4. The van der Waals surface area contributed by atoms with Gasteiger partial charge >= 0.3 is 5.97 Å². The van der Waals surface area contributed by atoms with Crippen molar-refractivity contribution in [3.63, 3.8) is 0 Å². The van der Waals surface area contributed by atoms with Crippen LogP contribution in [0.2, 0.25) is 0 Å². The molecular weight excluding hydrogens is 296 g/mol. The minimum atomic E-state index is -0.129. The van der Waals surface area contributed by atoms with Gasteiger partial charge in [0.1, 0.15) is 0 Å². The van der Waals surface area contributed by atoms with E-state index in [1.54, 1.807) is 21.3 Å². The molecule has 5 nitrogen and oxygen atoms in total. The molecule has 5 heteroatoms. The van der Waals surface area contributed by atoms with Gasteiger partial charge < -0.3 is 18.9 Å². The first-order valence-corrected chi connectivity index (χ1v) is 8.13. The fraction of sp³-hybridized carbons (Fsp3) is 0.611. The molecule has 0 spiro atoms. The van der Waals surface area contributed by atoms with Crippen LogP contribution in [-0.4, -0.2) is 33.9 Å². The maximum Gasteiger partial charge on any atom is 0.309 e. The summed E-state index contributed by atoms with van der Waals surface area (Å²) in [5.41, 5.74) is 0.989. The molecule has 1 aromatic carbocycles. The van der Waals surface area contributed by atoms with Gasteiger partial charge in [0.2, 0.25) is 5.75 Å². The third-order valence-corrected chi connectivity index (χ3v) is 4.49. The summed E-state index contributed by atoms with van der Waals surface area (Å²) in [6.45, 7) is 2.25. The molecule has 0 N–H and O–H groups in total. The molecule has 2 rings (SSSR count). The van der Waals surface area contributed by atoms with E-state index in [9.17, 15) is 4.79 Å². The number of hydrogen-bond acceptors (Lipinski definition) is 5. The van der Waals surface area contributed by atoms with Crippen LogP contribution in [0.4, 0.5) is 0 Å². The maximum absolute atomic E-state index is 12.3. The summed E-state index contributed by atoms with van der Waals surface area (Å²) in [5, 5.41) is 0. The SMILES string of the molecule is CCOC(=O)[C@@H]1CCCC[C@H]1c1ccc(OC)c(OC)c1OC. The first kappa shape index (κ1) is 17.4. The van der Waals surface area contributed by atoms with Gasteiger partial charge in [0.25, 0.3) is 0 Å². The molecule has 1 aliphatic carbocycles. The van der Waals surface area contributed by atoms with Crippen molar-refractivity contribution in [3.05, 3.63) is 17.7 Å². The summed E-state index contributed by atoms with van der Waals surface area (Å²) in [4.78, 5) is 12.3. The number of methoxy groups -OCH3 is 3. The lowest BCUT2D eigenvalue weighted by Gasteiger charge is -2.31. The van der Waals surface area contributed by atoms with Crippen LogP contribution in [0.15, 0.2) is 12.1 Å². The Kier molecular flexibility index (Phi) is 6.13. The highest BCUT2D eigenvalue weighted by Gasteiger charge is 2.35. The number of hydrogen-bond donors (Lipinski definition) is 0. The summed E-state index contributed by atoms with van der Waals surface area (Å²) in [6, 6.07) is 3.84. The minimum Gasteiger partial charge on any atom is -0.493 e. The largest absolute Gasteiger partial charge is 0.493 e. The van der Waals surface area contributed by atoms with Crippen LogP contribution in [0.3, 0.4) is 0 Å². The summed E-state index contributed by atoms with van der Waals surface area (Å²) in [6.07, 6.45) is 3.93. The molecule has 1 aliphatic rings. The zero-order valence-electron chi connectivity index (χ0n) is 14.4. The van der Waals surface area contributed by atoms with E-state index in [4.69, 9.17) is 18.9 Å². The first-order chi connectivity index (χ1) is 11.2. The van der Waals surface area contributed by atoms with E-state index in [2.05, 4.69) is 0 Å². The predicted octanol–water partition coefficient (Wildman–Crippen LogP) is 3.55. The normalized spacial score (nSPS) is 20.7. The van der Waals surface area contributed by atoms with Crippen LogP contribution in [0.5, 0.6) is 17.2 Å². The molecule has 23 heavy (non-hydrogen) atoms. The van der Waals surface area contributed by atoms with Crippen LogP contribution in [-0.2, 0) is 9.53 Å². The molecule has 128 valence electrons. The Morgan fingerprint density at radius 1 is 1.04 bits per heavy atom. The van der Waals surface area contributed by atoms with Gasteiger partial charge in [-0.15, -0.1) is 0 Å². The molecule has 0 amide bonds. The van der Waals surface area contributed by atoms with Gasteiger partial charge in [-0.25, -0.2) is 0 Å². The van der Waals surface area contributed by atoms with Gasteiger partial charge in [-0.05, 0) is 25.8 Å². The Balaban J connectivity index is 2.43. The van der Waals surface area contributed by atoms with Gasteiger partial charge in [0.15, 0.2) is 11.5 Å². The fourth-order valence-electron chi connectivity index (χ4n) is 3.45. The standard InChI is InChI=1S/C18H26O5/c1-5-23-18(19)14-9-7-6-8-12(14)13-10-11-15(20-2)17(22-4)16(13)21-3/h10-12,14H,5-9H2,1-4H3/t12-,14+/m0/s1. The Morgan fingerprint density at radius 2 is 1.74 bits per heavy atom. The fourth-order valence-corrected chi connectivity index (χ4v) is 3.45. The molecule has 0 radical (unpaired) electrons. The summed E-state index contributed by atoms with van der Waals surface area (Å²) in [5.74, 6) is 1.67. The lowest BCUT2D eigenvalue weighted by Crippen LogP contribution is -2.28. The van der Waals surface area contributed by atoms with Crippen molar-refractivity contribution in [2.24, 2.45) is 5.92 Å². The highest BCUT2D eigenvalue weighted by Crippen LogP contribution is 2.48. The highest BCUT2D eigenvalue weighted by molar-refractivity contribution is 5.74. The second-order valence-corrected chi connectivity index (χ2v) is 5.67. The number of benzene rings is 1. The summed E-state index contributed by atoms with van der Waals surface area (Å²) in [7, 11) is 4.80. The Morgan fingerprint density at radius 3 is 2.35 bits per heavy atom. The second kappa shape index (κ2) is 8.09. The molecule has 0 aromatic heterocycles. The van der Waals surface area contributed by atoms with Crippen LogP contribution in [0.25, 0.3) is 0 Å². The highest BCUT2D eigenvalue weighted by atomic mass is 16.5. The smallest absolute Gasteiger partial charge is 0.309 e. The van der Waals surface area contributed by atoms with Crippen molar-refractivity contribution in [1.82, 2.24) is 0 Å². The van der Waals surface area contributed by atoms with Crippen LogP contribution >= 0.6 is 0 Å². The van der Waals surface area contributed by atoms with Crippen molar-refractivity contribution in [3.8, 4) is 17.2 Å². The van der Waals surface area contributed by atoms with Crippen molar-refractivity contribution >= 4 is 5.97 Å². The lowest BCUT2D eigenvalue weighted by molar-refractivity contribution is -0.149. The number of esters is 1. The Labute approximate surface area is 137 Å². The molecule has 0 aliphatic heterocycles. The Hall–Kier alpha value is -1.91. The van der Waals surface area contributed by atoms with Gasteiger partial charge in [-0.3, -0.25) is 4.79 Å². The van der Waals surface area contributed by atoms with Crippen LogP contribution in [0, 0.1) is 5.92 Å². The van der Waals surface area contributed by atoms with E-state index in [-0.39, 0.29) is 17.8 Å². The van der Waals surface area contributed by atoms with E-state index in [1.807, 2.05) is 19.1 Å². The average molecular weight is 322 g/mol. The Bertz CT molecular complexity index is 540. The molecule has 1 fully saturated rings. The molecule has 1 saturated carbocycles. The number of carbonyl (C=O) groups excluding carboxylic acids is 1. The second-order valence-electron chi connectivity index (χ2n) is 5.67. The molecule has 0 saturated heterocycles. The van der Waals surface area contributed by atoms with Crippen LogP contribution < -0.4 is 14.2 Å². The summed E-state index contributed by atoms with van der Waals surface area (Å²) >= 11 is 0. The molecular formula is C18H26O5.